The third kappa shape index (κ3) is 5.09. The summed E-state index contributed by atoms with van der Waals surface area (Å²) in [5.41, 5.74) is 1.37. The van der Waals surface area contributed by atoms with Gasteiger partial charge in [0.25, 0.3) is 0 Å². The van der Waals surface area contributed by atoms with Crippen LogP contribution in [0, 0.1) is 0 Å². The summed E-state index contributed by atoms with van der Waals surface area (Å²) in [5.74, 6) is -1.11. The van der Waals surface area contributed by atoms with E-state index < -0.39 is 15.7 Å². The number of rotatable bonds is 7. The standard InChI is InChI=1S/C21H22N2O5S2/c1-3-18-21(26)23-17-12-16(7-8-19(17)29-18)30(27,28)10-9-20(25)22-15-6-4-5-14(11-15)13(2)24/h4-8,11-12,18H,3,9-10H2,1-2H3,(H,22,25)(H,23,26)/t18-/m0/s1. The highest BCUT2D eigenvalue weighted by Crippen LogP contribution is 2.38. The van der Waals surface area contributed by atoms with Gasteiger partial charge in [0.2, 0.25) is 11.8 Å². The lowest BCUT2D eigenvalue weighted by molar-refractivity contribution is -0.116. The molecular weight excluding hydrogens is 424 g/mol. The van der Waals surface area contributed by atoms with Gasteiger partial charge < -0.3 is 10.6 Å². The van der Waals surface area contributed by atoms with Gasteiger partial charge in [-0.25, -0.2) is 8.42 Å². The van der Waals surface area contributed by atoms with Crippen molar-refractivity contribution in [1.82, 2.24) is 0 Å². The van der Waals surface area contributed by atoms with Crippen molar-refractivity contribution in [2.24, 2.45) is 0 Å². The van der Waals surface area contributed by atoms with E-state index >= 15 is 0 Å². The van der Waals surface area contributed by atoms with Crippen molar-refractivity contribution >= 4 is 50.6 Å². The third-order valence-electron chi connectivity index (χ3n) is 4.65. The zero-order chi connectivity index (χ0) is 21.9. The van der Waals surface area contributed by atoms with Gasteiger partial charge in [-0.05, 0) is 43.7 Å². The molecule has 2 aromatic carbocycles. The fourth-order valence-electron chi connectivity index (χ4n) is 2.98. The molecule has 0 bridgehead atoms. The molecule has 0 unspecified atom stereocenters. The number of fused-ring (bicyclic) bond motifs is 1. The van der Waals surface area contributed by atoms with E-state index in [0.717, 1.165) is 4.90 Å². The Morgan fingerprint density at radius 2 is 1.93 bits per heavy atom. The second-order valence-corrected chi connectivity index (χ2v) is 10.3. The van der Waals surface area contributed by atoms with Crippen molar-refractivity contribution in [2.75, 3.05) is 16.4 Å². The number of carbonyl (C=O) groups is 3. The van der Waals surface area contributed by atoms with Crippen molar-refractivity contribution in [3.63, 3.8) is 0 Å². The highest BCUT2D eigenvalue weighted by molar-refractivity contribution is 8.01. The summed E-state index contributed by atoms with van der Waals surface area (Å²) in [6, 6.07) is 11.1. The first kappa shape index (κ1) is 22.0. The number of hydrogen-bond acceptors (Lipinski definition) is 6. The molecule has 0 saturated heterocycles. The van der Waals surface area contributed by atoms with Crippen LogP contribution in [0.2, 0.25) is 0 Å². The summed E-state index contributed by atoms with van der Waals surface area (Å²) in [6.45, 7) is 3.35. The zero-order valence-electron chi connectivity index (χ0n) is 16.6. The number of anilines is 2. The molecule has 30 heavy (non-hydrogen) atoms. The summed E-state index contributed by atoms with van der Waals surface area (Å²) in [4.78, 5) is 36.6. The Kier molecular flexibility index (Phi) is 6.62. The Morgan fingerprint density at radius 3 is 2.63 bits per heavy atom. The smallest absolute Gasteiger partial charge is 0.237 e. The van der Waals surface area contributed by atoms with Crippen molar-refractivity contribution < 1.29 is 22.8 Å². The molecule has 2 aromatic rings. The highest BCUT2D eigenvalue weighted by Gasteiger charge is 2.27. The fraction of sp³-hybridized carbons (Fsp3) is 0.286. The summed E-state index contributed by atoms with van der Waals surface area (Å²) >= 11 is 1.41. The normalized spacial score (nSPS) is 15.8. The number of nitrogens with one attached hydrogen (secondary N) is 2. The van der Waals surface area contributed by atoms with Gasteiger partial charge in [-0.15, -0.1) is 11.8 Å². The van der Waals surface area contributed by atoms with Crippen molar-refractivity contribution in [2.45, 2.75) is 41.7 Å². The molecule has 1 aliphatic rings. The van der Waals surface area contributed by atoms with Crippen LogP contribution in [-0.4, -0.2) is 37.0 Å². The molecule has 0 aromatic heterocycles. The van der Waals surface area contributed by atoms with Crippen LogP contribution in [0.15, 0.2) is 52.3 Å². The Balaban J connectivity index is 1.66. The minimum atomic E-state index is -3.71. The maximum atomic E-state index is 12.7. The molecule has 0 fully saturated rings. The van der Waals surface area contributed by atoms with Gasteiger partial charge >= 0.3 is 0 Å². The number of ketones is 1. The lowest BCUT2D eigenvalue weighted by Gasteiger charge is -2.23. The molecular formula is C21H22N2O5S2. The van der Waals surface area contributed by atoms with E-state index in [2.05, 4.69) is 10.6 Å². The van der Waals surface area contributed by atoms with Gasteiger partial charge in [0.05, 0.1) is 21.6 Å². The van der Waals surface area contributed by atoms with Crippen molar-refractivity contribution in [1.29, 1.82) is 0 Å². The van der Waals surface area contributed by atoms with E-state index in [4.69, 9.17) is 0 Å². The molecule has 9 heteroatoms. The van der Waals surface area contributed by atoms with Gasteiger partial charge in [0.1, 0.15) is 0 Å². The molecule has 3 rings (SSSR count). The van der Waals surface area contributed by atoms with Crippen LogP contribution < -0.4 is 10.6 Å². The molecule has 0 aliphatic carbocycles. The number of amides is 2. The second-order valence-electron chi connectivity index (χ2n) is 6.92. The number of Topliss-reactive ketones (excluding diaryl/α,β-unsaturated/α-hetero) is 1. The molecule has 2 N–H and O–H groups in total. The van der Waals surface area contributed by atoms with Crippen molar-refractivity contribution in [3.8, 4) is 0 Å². The summed E-state index contributed by atoms with van der Waals surface area (Å²) in [6.07, 6.45) is 0.448. The fourth-order valence-corrected chi connectivity index (χ4v) is 5.26. The third-order valence-corrected chi connectivity index (χ3v) is 7.81. The van der Waals surface area contributed by atoms with E-state index in [-0.39, 0.29) is 34.0 Å². The SMILES string of the molecule is CC[C@@H]1Sc2ccc(S(=O)(=O)CCC(=O)Nc3cccc(C(C)=O)c3)cc2NC1=O. The van der Waals surface area contributed by atoms with Crippen LogP contribution in [0.5, 0.6) is 0 Å². The molecule has 0 spiro atoms. The molecule has 158 valence electrons. The van der Waals surface area contributed by atoms with Crippen LogP contribution in [0.1, 0.15) is 37.0 Å². The summed E-state index contributed by atoms with van der Waals surface area (Å²) < 4.78 is 25.4. The maximum absolute atomic E-state index is 12.7. The predicted octanol–water partition coefficient (Wildman–Crippen LogP) is 3.51. The maximum Gasteiger partial charge on any atom is 0.237 e. The molecule has 1 heterocycles. The average molecular weight is 447 g/mol. The first-order valence-corrected chi connectivity index (χ1v) is 12.0. The van der Waals surface area contributed by atoms with Gasteiger partial charge in [-0.2, -0.15) is 0 Å². The number of hydrogen-bond donors (Lipinski definition) is 2. The van der Waals surface area contributed by atoms with E-state index in [1.54, 1.807) is 30.3 Å². The van der Waals surface area contributed by atoms with Gasteiger partial charge in [-0.1, -0.05) is 19.1 Å². The first-order chi connectivity index (χ1) is 14.2. The lowest BCUT2D eigenvalue weighted by Crippen LogP contribution is -2.28. The van der Waals surface area contributed by atoms with E-state index in [0.29, 0.717) is 23.4 Å². The summed E-state index contributed by atoms with van der Waals surface area (Å²) in [5, 5.41) is 5.18. The average Bonchev–Trinajstić information content (AvgIpc) is 2.71. The summed E-state index contributed by atoms with van der Waals surface area (Å²) in [7, 11) is -3.71. The van der Waals surface area contributed by atoms with Gasteiger partial charge in [0.15, 0.2) is 15.6 Å². The topological polar surface area (TPSA) is 109 Å². The van der Waals surface area contributed by atoms with E-state index in [1.807, 2.05) is 6.92 Å². The van der Waals surface area contributed by atoms with Crippen LogP contribution in [0.25, 0.3) is 0 Å². The largest absolute Gasteiger partial charge is 0.326 e. The molecule has 0 saturated carbocycles. The monoisotopic (exact) mass is 446 g/mol. The number of sulfone groups is 1. The molecule has 7 nitrogen and oxygen atoms in total. The van der Waals surface area contributed by atoms with Crippen LogP contribution in [0.4, 0.5) is 11.4 Å². The molecule has 2 amide bonds. The van der Waals surface area contributed by atoms with Crippen LogP contribution >= 0.6 is 11.8 Å². The minimum absolute atomic E-state index is 0.0588. The van der Waals surface area contributed by atoms with Crippen molar-refractivity contribution in [3.05, 3.63) is 48.0 Å². The molecule has 1 aliphatic heterocycles. The Hall–Kier alpha value is -2.65. The number of thioether (sulfide) groups is 1. The quantitative estimate of drug-likeness (QED) is 0.630. The molecule has 1 atom stereocenters. The van der Waals surface area contributed by atoms with E-state index in [9.17, 15) is 22.8 Å². The minimum Gasteiger partial charge on any atom is -0.326 e. The Morgan fingerprint density at radius 1 is 1.17 bits per heavy atom. The number of carbonyl (C=O) groups excluding carboxylic acids is 3. The highest BCUT2D eigenvalue weighted by atomic mass is 32.2. The van der Waals surface area contributed by atoms with E-state index in [1.165, 1.54) is 30.8 Å². The lowest BCUT2D eigenvalue weighted by atomic mass is 10.1. The molecule has 0 radical (unpaired) electrons. The predicted molar refractivity (Wildman–Crippen MR) is 117 cm³/mol. The van der Waals surface area contributed by atoms with Gasteiger partial charge in [-0.3, -0.25) is 14.4 Å². The number of benzene rings is 2. The van der Waals surface area contributed by atoms with Gasteiger partial charge in [0, 0.05) is 22.6 Å². The second kappa shape index (κ2) is 9.01. The Labute approximate surface area is 179 Å². The van der Waals surface area contributed by atoms with Crippen LogP contribution in [0.3, 0.4) is 0 Å². The first-order valence-electron chi connectivity index (χ1n) is 9.45. The van der Waals surface area contributed by atoms with Crippen LogP contribution in [-0.2, 0) is 19.4 Å². The zero-order valence-corrected chi connectivity index (χ0v) is 18.2. The Bertz CT molecular complexity index is 1110.